The summed E-state index contributed by atoms with van der Waals surface area (Å²) in [6.07, 6.45) is 2.63. The monoisotopic (exact) mass is 350 g/mol. The average molecular weight is 350 g/mol. The molecule has 0 atom stereocenters. The Balaban J connectivity index is 1.75. The van der Waals surface area contributed by atoms with Crippen molar-refractivity contribution in [3.63, 3.8) is 0 Å². The Bertz CT molecular complexity index is 1110. The van der Waals surface area contributed by atoms with Gasteiger partial charge in [-0.3, -0.25) is 0 Å². The number of nitrogens with zero attached hydrogens (tertiary/aromatic N) is 4. The maximum atomic E-state index is 5.96. The molecule has 0 spiro atoms. The van der Waals surface area contributed by atoms with Crippen molar-refractivity contribution < 1.29 is 4.74 Å². The van der Waals surface area contributed by atoms with E-state index in [9.17, 15) is 0 Å². The maximum Gasteiger partial charge on any atom is 0.182 e. The van der Waals surface area contributed by atoms with Gasteiger partial charge in [-0.1, -0.05) is 29.8 Å². The van der Waals surface area contributed by atoms with Crippen LogP contribution in [0.25, 0.3) is 27.3 Å². The Hall–Kier alpha value is -2.31. The molecule has 0 amide bonds. The number of hydrogen-bond donors (Lipinski definition) is 0. The molecule has 0 bridgehead atoms. The fourth-order valence-electron chi connectivity index (χ4n) is 3.37. The standard InChI is InChI=1S/C19H18N4OS/c1-11-4-6-12(7-5-11)16-21-17-15-13-8-19(2,3)24-9-14(13)25-18(15)20-10-23(17)22-16/h4-7,10H,8-9H2,1-3H3. The van der Waals surface area contributed by atoms with Crippen molar-refractivity contribution >= 4 is 27.2 Å². The van der Waals surface area contributed by atoms with E-state index in [4.69, 9.17) is 9.72 Å². The molecule has 0 saturated heterocycles. The number of ether oxygens (including phenoxy) is 1. The molecule has 3 aromatic heterocycles. The summed E-state index contributed by atoms with van der Waals surface area (Å²) in [7, 11) is 0. The molecular weight excluding hydrogens is 332 g/mol. The highest BCUT2D eigenvalue weighted by molar-refractivity contribution is 7.19. The maximum absolute atomic E-state index is 5.96. The van der Waals surface area contributed by atoms with Crippen LogP contribution >= 0.6 is 11.3 Å². The van der Waals surface area contributed by atoms with E-state index in [1.54, 1.807) is 22.2 Å². The molecule has 5 nitrogen and oxygen atoms in total. The number of aromatic nitrogens is 4. The molecule has 25 heavy (non-hydrogen) atoms. The Morgan fingerprint density at radius 3 is 2.80 bits per heavy atom. The SMILES string of the molecule is Cc1ccc(-c2nc3c4c5c(sc4ncn3n2)COC(C)(C)C5)cc1. The van der Waals surface area contributed by atoms with Gasteiger partial charge in [0.05, 0.1) is 17.6 Å². The van der Waals surface area contributed by atoms with Crippen LogP contribution in [0.4, 0.5) is 0 Å². The van der Waals surface area contributed by atoms with Crippen LogP contribution < -0.4 is 0 Å². The Kier molecular flexibility index (Phi) is 3.05. The summed E-state index contributed by atoms with van der Waals surface area (Å²) >= 11 is 1.71. The van der Waals surface area contributed by atoms with Gasteiger partial charge in [0.15, 0.2) is 11.5 Å². The molecule has 0 radical (unpaired) electrons. The first-order valence-electron chi connectivity index (χ1n) is 8.37. The summed E-state index contributed by atoms with van der Waals surface area (Å²) in [6, 6.07) is 8.30. The van der Waals surface area contributed by atoms with E-state index in [2.05, 4.69) is 55.1 Å². The fraction of sp³-hybridized carbons (Fsp3) is 0.316. The number of rotatable bonds is 1. The van der Waals surface area contributed by atoms with Gasteiger partial charge >= 0.3 is 0 Å². The van der Waals surface area contributed by atoms with Crippen molar-refractivity contribution in [1.82, 2.24) is 19.6 Å². The average Bonchev–Trinajstić information content (AvgIpc) is 3.15. The van der Waals surface area contributed by atoms with Crippen molar-refractivity contribution in [3.05, 3.63) is 46.6 Å². The van der Waals surface area contributed by atoms with Gasteiger partial charge in [0.1, 0.15) is 11.2 Å². The summed E-state index contributed by atoms with van der Waals surface area (Å²) in [5, 5.41) is 5.77. The molecule has 126 valence electrons. The van der Waals surface area contributed by atoms with Gasteiger partial charge in [-0.15, -0.1) is 16.4 Å². The molecule has 0 N–H and O–H groups in total. The summed E-state index contributed by atoms with van der Waals surface area (Å²) in [6.45, 7) is 6.99. The lowest BCUT2D eigenvalue weighted by Crippen LogP contribution is -2.31. The van der Waals surface area contributed by atoms with E-state index in [0.717, 1.165) is 33.7 Å². The first-order valence-corrected chi connectivity index (χ1v) is 9.18. The molecule has 4 heterocycles. The zero-order chi connectivity index (χ0) is 17.2. The fourth-order valence-corrected chi connectivity index (χ4v) is 4.43. The molecule has 5 rings (SSSR count). The third kappa shape index (κ3) is 2.36. The van der Waals surface area contributed by atoms with E-state index in [0.29, 0.717) is 6.61 Å². The Morgan fingerprint density at radius 1 is 1.20 bits per heavy atom. The molecule has 6 heteroatoms. The van der Waals surface area contributed by atoms with Crippen molar-refractivity contribution in [2.45, 2.75) is 39.4 Å². The second-order valence-electron chi connectivity index (χ2n) is 7.22. The van der Waals surface area contributed by atoms with Crippen LogP contribution in [-0.4, -0.2) is 25.2 Å². The minimum atomic E-state index is -0.159. The van der Waals surface area contributed by atoms with Gasteiger partial charge in [-0.25, -0.2) is 14.5 Å². The zero-order valence-corrected chi connectivity index (χ0v) is 15.2. The topological polar surface area (TPSA) is 52.3 Å². The van der Waals surface area contributed by atoms with Crippen LogP contribution in [0.3, 0.4) is 0 Å². The number of fused-ring (bicyclic) bond motifs is 5. The van der Waals surface area contributed by atoms with Crippen molar-refractivity contribution in [2.75, 3.05) is 0 Å². The van der Waals surface area contributed by atoms with Crippen LogP contribution in [0.2, 0.25) is 0 Å². The molecule has 1 aliphatic rings. The van der Waals surface area contributed by atoms with Gasteiger partial charge in [0, 0.05) is 16.9 Å². The molecule has 0 fully saturated rings. The summed E-state index contributed by atoms with van der Waals surface area (Å²) < 4.78 is 7.76. The molecule has 1 aliphatic heterocycles. The second kappa shape index (κ2) is 5.09. The number of hydrogen-bond acceptors (Lipinski definition) is 5. The van der Waals surface area contributed by atoms with Gasteiger partial charge in [0.2, 0.25) is 0 Å². The van der Waals surface area contributed by atoms with E-state index >= 15 is 0 Å². The normalized spacial score (nSPS) is 16.4. The van der Waals surface area contributed by atoms with Crippen LogP contribution in [0.5, 0.6) is 0 Å². The van der Waals surface area contributed by atoms with E-state index < -0.39 is 0 Å². The third-order valence-electron chi connectivity index (χ3n) is 4.72. The lowest BCUT2D eigenvalue weighted by molar-refractivity contribution is -0.0379. The number of thiophene rings is 1. The summed E-state index contributed by atoms with van der Waals surface area (Å²) in [4.78, 5) is 11.7. The Morgan fingerprint density at radius 2 is 2.00 bits per heavy atom. The first kappa shape index (κ1) is 15.0. The van der Waals surface area contributed by atoms with Gasteiger partial charge in [-0.05, 0) is 26.3 Å². The van der Waals surface area contributed by atoms with E-state index in [-0.39, 0.29) is 5.60 Å². The minimum Gasteiger partial charge on any atom is -0.370 e. The van der Waals surface area contributed by atoms with Crippen LogP contribution in [0, 0.1) is 6.92 Å². The summed E-state index contributed by atoms with van der Waals surface area (Å²) in [5.41, 5.74) is 4.29. The van der Waals surface area contributed by atoms with Crippen molar-refractivity contribution in [3.8, 4) is 11.4 Å². The highest BCUT2D eigenvalue weighted by Gasteiger charge is 2.30. The molecule has 4 aromatic rings. The van der Waals surface area contributed by atoms with Crippen LogP contribution in [-0.2, 0) is 17.8 Å². The van der Waals surface area contributed by atoms with E-state index in [1.165, 1.54) is 16.0 Å². The van der Waals surface area contributed by atoms with Gasteiger partial charge < -0.3 is 4.74 Å². The molecular formula is C19H18N4OS. The van der Waals surface area contributed by atoms with Gasteiger partial charge in [0.25, 0.3) is 0 Å². The molecule has 0 saturated carbocycles. The molecule has 0 aliphatic carbocycles. The first-order chi connectivity index (χ1) is 12.0. The van der Waals surface area contributed by atoms with Crippen LogP contribution in [0.15, 0.2) is 30.6 Å². The van der Waals surface area contributed by atoms with Crippen molar-refractivity contribution in [1.29, 1.82) is 0 Å². The highest BCUT2D eigenvalue weighted by atomic mass is 32.1. The second-order valence-corrected chi connectivity index (χ2v) is 8.31. The van der Waals surface area contributed by atoms with Crippen LogP contribution in [0.1, 0.15) is 29.9 Å². The van der Waals surface area contributed by atoms with Crippen molar-refractivity contribution in [2.24, 2.45) is 0 Å². The largest absolute Gasteiger partial charge is 0.370 e. The predicted molar refractivity (Wildman–Crippen MR) is 98.9 cm³/mol. The summed E-state index contributed by atoms with van der Waals surface area (Å²) in [5.74, 6) is 0.737. The molecule has 0 unspecified atom stereocenters. The van der Waals surface area contributed by atoms with Gasteiger partial charge in [-0.2, -0.15) is 0 Å². The molecule has 1 aromatic carbocycles. The zero-order valence-electron chi connectivity index (χ0n) is 14.4. The Labute approximate surface area is 149 Å². The minimum absolute atomic E-state index is 0.159. The lowest BCUT2D eigenvalue weighted by atomic mass is 9.94. The smallest absolute Gasteiger partial charge is 0.182 e. The highest BCUT2D eigenvalue weighted by Crippen LogP contribution is 2.39. The third-order valence-corrected chi connectivity index (χ3v) is 5.83. The predicted octanol–water partition coefficient (Wildman–Crippen LogP) is 4.17. The number of benzene rings is 1. The lowest BCUT2D eigenvalue weighted by Gasteiger charge is -2.30. The van der Waals surface area contributed by atoms with E-state index in [1.807, 2.05) is 0 Å². The quantitative estimate of drug-likeness (QED) is 0.517. The number of aryl methyl sites for hydroxylation is 1.